The number of hydrogen-bond donors (Lipinski definition) is 1. The van der Waals surface area contributed by atoms with Crippen molar-refractivity contribution in [3.63, 3.8) is 0 Å². The standard InChI is InChI=1S/C16H12FNOS/c17-13-4-6-15(7-5-13)20-16-3-1-2-11(10-16)12-8-14(9-12)18-19/h1-8,10,19H,9H2. The topological polar surface area (TPSA) is 32.6 Å². The molecule has 0 unspecified atom stereocenters. The maximum atomic E-state index is 12.9. The van der Waals surface area contributed by atoms with Crippen molar-refractivity contribution in [1.82, 2.24) is 0 Å². The first-order valence-corrected chi connectivity index (χ1v) is 7.01. The smallest absolute Gasteiger partial charge is 0.123 e. The summed E-state index contributed by atoms with van der Waals surface area (Å²) in [4.78, 5) is 2.10. The van der Waals surface area contributed by atoms with Gasteiger partial charge in [0.15, 0.2) is 0 Å². The summed E-state index contributed by atoms with van der Waals surface area (Å²) in [5.74, 6) is -0.224. The van der Waals surface area contributed by atoms with E-state index >= 15 is 0 Å². The van der Waals surface area contributed by atoms with Crippen molar-refractivity contribution in [3.05, 3.63) is 66.0 Å². The van der Waals surface area contributed by atoms with Gasteiger partial charge < -0.3 is 5.21 Å². The number of oxime groups is 1. The molecule has 0 saturated heterocycles. The molecule has 0 bridgehead atoms. The predicted octanol–water partition coefficient (Wildman–Crippen LogP) is 4.59. The highest BCUT2D eigenvalue weighted by atomic mass is 32.2. The van der Waals surface area contributed by atoms with Crippen LogP contribution < -0.4 is 0 Å². The van der Waals surface area contributed by atoms with Gasteiger partial charge in [0.25, 0.3) is 0 Å². The minimum absolute atomic E-state index is 0.224. The summed E-state index contributed by atoms with van der Waals surface area (Å²) >= 11 is 1.60. The Morgan fingerprint density at radius 2 is 1.80 bits per heavy atom. The third kappa shape index (κ3) is 2.75. The van der Waals surface area contributed by atoms with E-state index in [0.717, 1.165) is 15.4 Å². The third-order valence-electron chi connectivity index (χ3n) is 3.10. The van der Waals surface area contributed by atoms with E-state index in [0.29, 0.717) is 12.1 Å². The molecule has 3 rings (SSSR count). The van der Waals surface area contributed by atoms with Gasteiger partial charge >= 0.3 is 0 Å². The monoisotopic (exact) mass is 285 g/mol. The Morgan fingerprint density at radius 1 is 1.05 bits per heavy atom. The van der Waals surface area contributed by atoms with Crippen LogP contribution in [0.1, 0.15) is 12.0 Å². The lowest BCUT2D eigenvalue weighted by Gasteiger charge is -2.16. The van der Waals surface area contributed by atoms with Crippen molar-refractivity contribution >= 4 is 23.0 Å². The van der Waals surface area contributed by atoms with Gasteiger partial charge in [0.2, 0.25) is 0 Å². The molecule has 1 N–H and O–H groups in total. The van der Waals surface area contributed by atoms with Gasteiger partial charge in [0.05, 0.1) is 5.71 Å². The zero-order valence-electron chi connectivity index (χ0n) is 10.6. The van der Waals surface area contributed by atoms with Gasteiger partial charge in [-0.2, -0.15) is 0 Å². The zero-order valence-corrected chi connectivity index (χ0v) is 11.4. The van der Waals surface area contributed by atoms with E-state index in [1.165, 1.54) is 17.7 Å². The molecule has 0 amide bonds. The minimum Gasteiger partial charge on any atom is -0.411 e. The Hall–Kier alpha value is -2.07. The van der Waals surface area contributed by atoms with Gasteiger partial charge in [-0.15, -0.1) is 0 Å². The number of halogens is 1. The van der Waals surface area contributed by atoms with Gasteiger partial charge in [-0.3, -0.25) is 0 Å². The molecule has 0 aromatic heterocycles. The van der Waals surface area contributed by atoms with Gasteiger partial charge in [0.1, 0.15) is 5.82 Å². The van der Waals surface area contributed by atoms with E-state index < -0.39 is 0 Å². The quantitative estimate of drug-likeness (QED) is 0.660. The second-order valence-corrected chi connectivity index (χ2v) is 5.67. The van der Waals surface area contributed by atoms with Crippen LogP contribution in [0.4, 0.5) is 4.39 Å². The Balaban J connectivity index is 1.80. The van der Waals surface area contributed by atoms with Crippen molar-refractivity contribution in [2.75, 3.05) is 0 Å². The predicted molar refractivity (Wildman–Crippen MR) is 78.8 cm³/mol. The van der Waals surface area contributed by atoms with Crippen LogP contribution in [0.15, 0.2) is 69.6 Å². The van der Waals surface area contributed by atoms with E-state index in [-0.39, 0.29) is 5.82 Å². The highest BCUT2D eigenvalue weighted by molar-refractivity contribution is 7.99. The van der Waals surface area contributed by atoms with E-state index in [1.54, 1.807) is 23.9 Å². The second-order valence-electron chi connectivity index (χ2n) is 4.52. The van der Waals surface area contributed by atoms with E-state index in [9.17, 15) is 4.39 Å². The maximum absolute atomic E-state index is 12.9. The first kappa shape index (κ1) is 12.9. The molecule has 20 heavy (non-hydrogen) atoms. The van der Waals surface area contributed by atoms with Crippen molar-refractivity contribution in [1.29, 1.82) is 0 Å². The number of hydrogen-bond acceptors (Lipinski definition) is 3. The summed E-state index contributed by atoms with van der Waals surface area (Å²) in [5, 5.41) is 11.8. The average molecular weight is 285 g/mol. The molecule has 0 heterocycles. The van der Waals surface area contributed by atoms with E-state index in [2.05, 4.69) is 11.2 Å². The fourth-order valence-corrected chi connectivity index (χ4v) is 2.89. The molecule has 1 aliphatic carbocycles. The molecule has 100 valence electrons. The van der Waals surface area contributed by atoms with Crippen LogP contribution in [-0.2, 0) is 0 Å². The largest absolute Gasteiger partial charge is 0.411 e. The summed E-state index contributed by atoms with van der Waals surface area (Å²) in [6.45, 7) is 0. The van der Waals surface area contributed by atoms with Crippen LogP contribution in [0.25, 0.3) is 5.57 Å². The summed E-state index contributed by atoms with van der Waals surface area (Å²) in [6.07, 6.45) is 2.57. The van der Waals surface area contributed by atoms with Crippen molar-refractivity contribution in [3.8, 4) is 0 Å². The van der Waals surface area contributed by atoms with Gasteiger partial charge in [-0.25, -0.2) is 4.39 Å². The Morgan fingerprint density at radius 3 is 2.50 bits per heavy atom. The molecule has 1 aliphatic rings. The summed E-state index contributed by atoms with van der Waals surface area (Å²) in [7, 11) is 0. The van der Waals surface area contributed by atoms with Crippen LogP contribution in [0, 0.1) is 5.82 Å². The van der Waals surface area contributed by atoms with Crippen molar-refractivity contribution in [2.45, 2.75) is 16.2 Å². The first-order chi connectivity index (χ1) is 9.74. The molecular formula is C16H12FNOS. The highest BCUT2D eigenvalue weighted by Crippen LogP contribution is 2.33. The number of nitrogens with zero attached hydrogens (tertiary/aromatic N) is 1. The summed E-state index contributed by atoms with van der Waals surface area (Å²) in [6, 6.07) is 14.6. The van der Waals surface area contributed by atoms with Crippen LogP contribution in [0.3, 0.4) is 0 Å². The van der Waals surface area contributed by atoms with Gasteiger partial charge in [0, 0.05) is 16.2 Å². The molecule has 0 aliphatic heterocycles. The molecule has 2 aromatic rings. The minimum atomic E-state index is -0.224. The molecule has 0 atom stereocenters. The maximum Gasteiger partial charge on any atom is 0.123 e. The zero-order chi connectivity index (χ0) is 13.9. The Bertz CT molecular complexity index is 692. The summed E-state index contributed by atoms with van der Waals surface area (Å²) in [5.41, 5.74) is 3.00. The lowest BCUT2D eigenvalue weighted by atomic mass is 9.90. The molecule has 2 nitrogen and oxygen atoms in total. The lowest BCUT2D eigenvalue weighted by Crippen LogP contribution is -2.07. The van der Waals surface area contributed by atoms with Crippen LogP contribution in [0.5, 0.6) is 0 Å². The lowest BCUT2D eigenvalue weighted by molar-refractivity contribution is 0.318. The molecule has 0 spiro atoms. The molecular weight excluding hydrogens is 273 g/mol. The number of allylic oxidation sites excluding steroid dienone is 2. The summed E-state index contributed by atoms with van der Waals surface area (Å²) < 4.78 is 12.9. The highest BCUT2D eigenvalue weighted by Gasteiger charge is 2.15. The van der Waals surface area contributed by atoms with E-state index in [1.807, 2.05) is 24.3 Å². The third-order valence-corrected chi connectivity index (χ3v) is 4.09. The molecule has 0 radical (unpaired) electrons. The van der Waals surface area contributed by atoms with E-state index in [4.69, 9.17) is 5.21 Å². The van der Waals surface area contributed by atoms with Crippen LogP contribution in [-0.4, -0.2) is 10.9 Å². The molecule has 0 saturated carbocycles. The average Bonchev–Trinajstić information content (AvgIpc) is 2.41. The van der Waals surface area contributed by atoms with Crippen molar-refractivity contribution in [2.24, 2.45) is 5.16 Å². The van der Waals surface area contributed by atoms with Crippen LogP contribution in [0.2, 0.25) is 0 Å². The second kappa shape index (κ2) is 5.51. The fraction of sp³-hybridized carbons (Fsp3) is 0.0625. The van der Waals surface area contributed by atoms with Crippen molar-refractivity contribution < 1.29 is 9.60 Å². The van der Waals surface area contributed by atoms with Gasteiger partial charge in [-0.05, 0) is 53.6 Å². The molecule has 2 aromatic carbocycles. The Labute approximate surface area is 120 Å². The normalized spacial score (nSPS) is 15.8. The molecule has 4 heteroatoms. The fourth-order valence-electron chi connectivity index (χ4n) is 2.01. The van der Waals surface area contributed by atoms with Gasteiger partial charge in [-0.1, -0.05) is 29.1 Å². The van der Waals surface area contributed by atoms with Crippen LogP contribution >= 0.6 is 11.8 Å². The molecule has 0 fully saturated rings. The first-order valence-electron chi connectivity index (χ1n) is 6.20. The SMILES string of the molecule is ON=C1C=C(c2cccc(Sc3ccc(F)cc3)c2)C1. The Kier molecular flexibility index (Phi) is 3.56. The number of benzene rings is 2. The number of rotatable bonds is 3.